The second-order valence-corrected chi connectivity index (χ2v) is 13.7. The SMILES string of the molecule is CC(C)(C)OC(=O)N[C@H]1CN(c2ncc(C(=O)N(C3CC3)C3CCN(c4noc(C(C)(F)F)n4)CC3)cn2)C[C@@H]1c1cc(F)ccc1F. The summed E-state index contributed by atoms with van der Waals surface area (Å²) in [6.07, 6.45) is 5.15. The number of carbonyl (C=O) groups excluding carboxylic acids is 2. The summed E-state index contributed by atoms with van der Waals surface area (Å²) in [7, 11) is 0. The van der Waals surface area contributed by atoms with E-state index in [1.807, 2.05) is 4.90 Å². The molecule has 2 amide bonds. The van der Waals surface area contributed by atoms with E-state index in [2.05, 4.69) is 25.4 Å². The number of benzene rings is 1. The van der Waals surface area contributed by atoms with Gasteiger partial charge in [0.25, 0.3) is 17.7 Å². The van der Waals surface area contributed by atoms with Crippen molar-refractivity contribution in [1.29, 1.82) is 0 Å². The molecule has 2 saturated heterocycles. The van der Waals surface area contributed by atoms with Gasteiger partial charge in [0.15, 0.2) is 0 Å². The summed E-state index contributed by atoms with van der Waals surface area (Å²) in [5.74, 6) is -5.64. The zero-order valence-electron chi connectivity index (χ0n) is 27.1. The van der Waals surface area contributed by atoms with Crippen LogP contribution >= 0.6 is 0 Å². The first-order chi connectivity index (χ1) is 22.7. The zero-order valence-corrected chi connectivity index (χ0v) is 27.1. The lowest BCUT2D eigenvalue weighted by molar-refractivity contribution is -0.0158. The van der Waals surface area contributed by atoms with Gasteiger partial charge in [0.05, 0.1) is 11.6 Å². The van der Waals surface area contributed by atoms with Crippen LogP contribution in [0, 0.1) is 11.6 Å². The van der Waals surface area contributed by atoms with E-state index in [1.165, 1.54) is 12.4 Å². The second kappa shape index (κ2) is 12.8. The van der Waals surface area contributed by atoms with Gasteiger partial charge >= 0.3 is 12.0 Å². The van der Waals surface area contributed by atoms with Crippen LogP contribution in [0.15, 0.2) is 35.1 Å². The van der Waals surface area contributed by atoms with E-state index in [0.717, 1.165) is 31.0 Å². The highest BCUT2D eigenvalue weighted by molar-refractivity contribution is 5.94. The highest BCUT2D eigenvalue weighted by Crippen LogP contribution is 2.35. The topological polar surface area (TPSA) is 130 Å². The van der Waals surface area contributed by atoms with Gasteiger partial charge in [-0.1, -0.05) is 0 Å². The number of nitrogens with zero attached hydrogens (tertiary/aromatic N) is 7. The third-order valence-corrected chi connectivity index (χ3v) is 8.65. The number of halogens is 4. The molecule has 2 aliphatic heterocycles. The average Bonchev–Trinajstić information content (AvgIpc) is 3.55. The molecule has 258 valence electrons. The Hall–Kier alpha value is -4.50. The molecule has 1 N–H and O–H groups in total. The maximum Gasteiger partial charge on any atom is 0.407 e. The molecule has 1 aromatic carbocycles. The van der Waals surface area contributed by atoms with Crippen LogP contribution in [-0.2, 0) is 10.7 Å². The minimum absolute atomic E-state index is 0.0832. The number of alkyl halides is 2. The number of piperidine rings is 1. The molecule has 0 spiro atoms. The summed E-state index contributed by atoms with van der Waals surface area (Å²) >= 11 is 0. The number of hydrogen-bond acceptors (Lipinski definition) is 10. The van der Waals surface area contributed by atoms with Crippen molar-refractivity contribution < 1.29 is 36.4 Å². The zero-order chi connectivity index (χ0) is 34.4. The first-order valence-electron chi connectivity index (χ1n) is 16.0. The summed E-state index contributed by atoms with van der Waals surface area (Å²) in [6.45, 7) is 7.18. The Bertz CT molecular complexity index is 1630. The summed E-state index contributed by atoms with van der Waals surface area (Å²) < 4.78 is 66.3. The molecule has 3 fully saturated rings. The van der Waals surface area contributed by atoms with Crippen LogP contribution in [0.1, 0.15) is 81.1 Å². The predicted molar refractivity (Wildman–Crippen MR) is 165 cm³/mol. The third kappa shape index (κ3) is 7.46. The number of carbonyl (C=O) groups is 2. The van der Waals surface area contributed by atoms with E-state index in [4.69, 9.17) is 9.26 Å². The lowest BCUT2D eigenvalue weighted by Gasteiger charge is -2.38. The van der Waals surface area contributed by atoms with Gasteiger partial charge in [0.1, 0.15) is 17.2 Å². The maximum absolute atomic E-state index is 14.9. The van der Waals surface area contributed by atoms with Crippen LogP contribution in [0.25, 0.3) is 0 Å². The summed E-state index contributed by atoms with van der Waals surface area (Å²) in [6, 6.07) is 2.57. The molecule has 2 atom stereocenters. The summed E-state index contributed by atoms with van der Waals surface area (Å²) in [5, 5.41) is 6.50. The lowest BCUT2D eigenvalue weighted by Crippen LogP contribution is -2.48. The van der Waals surface area contributed by atoms with E-state index in [1.54, 1.807) is 30.6 Å². The van der Waals surface area contributed by atoms with Crippen molar-refractivity contribution in [3.8, 4) is 0 Å². The standard InChI is InChI=1S/C32H38F4N8O4/c1-31(2,3)47-30(46)39-25-17-43(16-23(25)22-13-19(33)5-8-24(22)34)28-37-14-18(15-38-28)26(45)44(20-6-7-20)21-9-11-42(12-10-21)29-40-27(48-41-29)32(4,35)36/h5,8,13-15,20-21,23,25H,6-7,9-12,16-17H2,1-4H3,(H,39,46)/t23-,25+/m1/s1. The molecule has 48 heavy (non-hydrogen) atoms. The van der Waals surface area contributed by atoms with Crippen LogP contribution in [0.3, 0.4) is 0 Å². The van der Waals surface area contributed by atoms with E-state index in [0.29, 0.717) is 38.4 Å². The Kier molecular flexibility index (Phi) is 8.94. The minimum atomic E-state index is -3.23. The molecule has 0 unspecified atom stereocenters. The lowest BCUT2D eigenvalue weighted by atomic mass is 9.94. The fourth-order valence-corrected chi connectivity index (χ4v) is 6.28. The molecule has 1 aliphatic carbocycles. The van der Waals surface area contributed by atoms with Gasteiger partial charge in [-0.05, 0) is 75.4 Å². The number of ether oxygens (including phenoxy) is 1. The molecule has 3 aliphatic rings. The number of amides is 2. The normalized spacial score (nSPS) is 20.6. The minimum Gasteiger partial charge on any atom is -0.444 e. The number of anilines is 2. The van der Waals surface area contributed by atoms with Crippen LogP contribution in [-0.4, -0.2) is 86.9 Å². The maximum atomic E-state index is 14.9. The highest BCUT2D eigenvalue weighted by Gasteiger charge is 2.41. The number of aromatic nitrogens is 4. The Morgan fingerprint density at radius 3 is 2.23 bits per heavy atom. The highest BCUT2D eigenvalue weighted by atomic mass is 19.3. The second-order valence-electron chi connectivity index (χ2n) is 13.7. The number of alkyl carbamates (subject to hydrolysis) is 1. The van der Waals surface area contributed by atoms with Gasteiger partial charge < -0.3 is 29.3 Å². The molecule has 12 nitrogen and oxygen atoms in total. The molecule has 1 saturated carbocycles. The average molecular weight is 675 g/mol. The molecule has 4 heterocycles. The monoisotopic (exact) mass is 674 g/mol. The Morgan fingerprint density at radius 1 is 0.958 bits per heavy atom. The van der Waals surface area contributed by atoms with E-state index >= 15 is 0 Å². The van der Waals surface area contributed by atoms with Crippen LogP contribution in [0.4, 0.5) is 34.3 Å². The molecule has 0 bridgehead atoms. The first kappa shape index (κ1) is 33.4. The van der Waals surface area contributed by atoms with Crippen molar-refractivity contribution in [2.45, 2.75) is 88.9 Å². The van der Waals surface area contributed by atoms with Crippen molar-refractivity contribution in [1.82, 2.24) is 30.3 Å². The predicted octanol–water partition coefficient (Wildman–Crippen LogP) is 5.02. The quantitative estimate of drug-likeness (QED) is 0.325. The molecular formula is C32H38F4N8O4. The van der Waals surface area contributed by atoms with Crippen molar-refractivity contribution in [3.05, 3.63) is 59.2 Å². The fraction of sp³-hybridized carbons (Fsp3) is 0.562. The van der Waals surface area contributed by atoms with Gasteiger partial charge in [0, 0.05) is 63.5 Å². The molecule has 6 rings (SSSR count). The Morgan fingerprint density at radius 2 is 1.62 bits per heavy atom. The molecule has 3 aromatic rings. The first-order valence-corrected chi connectivity index (χ1v) is 16.0. The Balaban J connectivity index is 1.14. The van der Waals surface area contributed by atoms with E-state index in [-0.39, 0.29) is 48.5 Å². The van der Waals surface area contributed by atoms with Crippen molar-refractivity contribution >= 4 is 23.9 Å². The fourth-order valence-electron chi connectivity index (χ4n) is 6.28. The van der Waals surface area contributed by atoms with E-state index < -0.39 is 47.1 Å². The van der Waals surface area contributed by atoms with Crippen molar-refractivity contribution in [3.63, 3.8) is 0 Å². The molecule has 0 radical (unpaired) electrons. The van der Waals surface area contributed by atoms with Gasteiger partial charge in [-0.15, -0.1) is 0 Å². The van der Waals surface area contributed by atoms with Gasteiger partial charge in [-0.2, -0.15) is 13.8 Å². The number of hydrogen-bond donors (Lipinski definition) is 1. The molecule has 2 aromatic heterocycles. The molecule has 16 heteroatoms. The van der Waals surface area contributed by atoms with Gasteiger partial charge in [-0.3, -0.25) is 4.79 Å². The van der Waals surface area contributed by atoms with Crippen LogP contribution < -0.4 is 15.1 Å². The largest absolute Gasteiger partial charge is 0.444 e. The number of nitrogens with one attached hydrogen (secondary N) is 1. The third-order valence-electron chi connectivity index (χ3n) is 8.65. The Labute approximate surface area is 274 Å². The summed E-state index contributed by atoms with van der Waals surface area (Å²) in [4.78, 5) is 44.6. The van der Waals surface area contributed by atoms with Crippen molar-refractivity contribution in [2.75, 3.05) is 36.0 Å². The number of rotatable bonds is 8. The van der Waals surface area contributed by atoms with E-state index in [9.17, 15) is 27.2 Å². The summed E-state index contributed by atoms with van der Waals surface area (Å²) in [5.41, 5.74) is -0.345. The van der Waals surface area contributed by atoms with Crippen LogP contribution in [0.5, 0.6) is 0 Å². The molecular weight excluding hydrogens is 636 g/mol. The van der Waals surface area contributed by atoms with Crippen molar-refractivity contribution in [2.24, 2.45) is 0 Å². The van der Waals surface area contributed by atoms with Gasteiger partial charge in [0.2, 0.25) is 5.95 Å². The van der Waals surface area contributed by atoms with Gasteiger partial charge in [-0.25, -0.2) is 23.5 Å². The van der Waals surface area contributed by atoms with Crippen LogP contribution in [0.2, 0.25) is 0 Å². The smallest absolute Gasteiger partial charge is 0.407 e.